The van der Waals surface area contributed by atoms with E-state index in [4.69, 9.17) is 4.74 Å². The van der Waals surface area contributed by atoms with Gasteiger partial charge in [-0.1, -0.05) is 12.2 Å². The lowest BCUT2D eigenvalue weighted by Gasteiger charge is -2.40. The average Bonchev–Trinajstić information content (AvgIpc) is 2.78. The van der Waals surface area contributed by atoms with E-state index in [1.807, 2.05) is 0 Å². The molecule has 0 spiro atoms. The zero-order valence-electron chi connectivity index (χ0n) is 17.1. The Morgan fingerprint density at radius 2 is 1.69 bits per heavy atom. The highest BCUT2D eigenvalue weighted by Crippen LogP contribution is 2.41. The molecule has 0 bridgehead atoms. The van der Waals surface area contributed by atoms with Gasteiger partial charge in [-0.3, -0.25) is 0 Å². The van der Waals surface area contributed by atoms with E-state index < -0.39 is 17.4 Å². The van der Waals surface area contributed by atoms with Crippen molar-refractivity contribution >= 4 is 5.57 Å². The van der Waals surface area contributed by atoms with Crippen LogP contribution in [-0.2, 0) is 4.74 Å². The van der Waals surface area contributed by atoms with Gasteiger partial charge in [-0.15, -0.1) is 6.58 Å². The summed E-state index contributed by atoms with van der Waals surface area (Å²) in [6, 6.07) is 2.72. The lowest BCUT2D eigenvalue weighted by molar-refractivity contribution is -0.0692. The van der Waals surface area contributed by atoms with E-state index in [9.17, 15) is 13.9 Å². The maximum atomic E-state index is 14.2. The Labute approximate surface area is 172 Å². The number of hydrogen-bond acceptors (Lipinski definition) is 2. The van der Waals surface area contributed by atoms with E-state index in [1.165, 1.54) is 44.2 Å². The predicted octanol–water partition coefficient (Wildman–Crippen LogP) is 6.64. The Kier molecular flexibility index (Phi) is 6.38. The molecular formula is C25H32F2O2. The topological polar surface area (TPSA) is 29.5 Å². The summed E-state index contributed by atoms with van der Waals surface area (Å²) >= 11 is 0. The molecule has 1 saturated carbocycles. The number of allylic oxidation sites excluding steroid dienone is 3. The highest BCUT2D eigenvalue weighted by atomic mass is 19.2. The average molecular weight is 403 g/mol. The normalized spacial score (nSPS) is 33.2. The van der Waals surface area contributed by atoms with Crippen LogP contribution >= 0.6 is 0 Å². The SMILES string of the molecule is C=CC1CCC(C2CCC(C3CC=C(c4ccc(O)c(F)c4F)CC3)CO2)CC1. The van der Waals surface area contributed by atoms with Crippen molar-refractivity contribution in [3.8, 4) is 5.75 Å². The molecule has 0 radical (unpaired) electrons. The molecule has 2 aliphatic carbocycles. The Hall–Kier alpha value is -1.68. The number of rotatable bonds is 4. The van der Waals surface area contributed by atoms with Crippen LogP contribution in [0.2, 0.25) is 0 Å². The molecule has 3 aliphatic rings. The molecule has 29 heavy (non-hydrogen) atoms. The van der Waals surface area contributed by atoms with E-state index in [-0.39, 0.29) is 5.56 Å². The monoisotopic (exact) mass is 402 g/mol. The van der Waals surface area contributed by atoms with E-state index in [0.717, 1.165) is 37.9 Å². The van der Waals surface area contributed by atoms with Gasteiger partial charge in [0.1, 0.15) is 0 Å². The molecule has 3 unspecified atom stereocenters. The van der Waals surface area contributed by atoms with Crippen LogP contribution < -0.4 is 0 Å². The lowest BCUT2D eigenvalue weighted by Crippen LogP contribution is -2.36. The van der Waals surface area contributed by atoms with Crippen molar-refractivity contribution in [1.82, 2.24) is 0 Å². The number of aromatic hydroxyl groups is 1. The summed E-state index contributed by atoms with van der Waals surface area (Å²) in [6.07, 6.45) is 14.6. The summed E-state index contributed by atoms with van der Waals surface area (Å²) in [5.41, 5.74) is 1.14. The molecule has 0 aromatic heterocycles. The fourth-order valence-electron chi connectivity index (χ4n) is 5.60. The van der Waals surface area contributed by atoms with Gasteiger partial charge in [0.15, 0.2) is 11.6 Å². The molecule has 2 nitrogen and oxygen atoms in total. The van der Waals surface area contributed by atoms with E-state index >= 15 is 0 Å². The molecular weight excluding hydrogens is 370 g/mol. The van der Waals surface area contributed by atoms with Crippen LogP contribution in [0, 0.1) is 35.3 Å². The summed E-state index contributed by atoms with van der Waals surface area (Å²) in [4.78, 5) is 0. The van der Waals surface area contributed by atoms with Crippen LogP contribution in [-0.4, -0.2) is 17.8 Å². The van der Waals surface area contributed by atoms with Crippen molar-refractivity contribution in [3.63, 3.8) is 0 Å². The zero-order valence-corrected chi connectivity index (χ0v) is 17.1. The van der Waals surface area contributed by atoms with Crippen molar-refractivity contribution in [2.75, 3.05) is 6.61 Å². The summed E-state index contributed by atoms with van der Waals surface area (Å²) < 4.78 is 34.2. The van der Waals surface area contributed by atoms with Gasteiger partial charge in [0.2, 0.25) is 5.82 Å². The van der Waals surface area contributed by atoms with Crippen LogP contribution in [0.4, 0.5) is 8.78 Å². The van der Waals surface area contributed by atoms with E-state index in [0.29, 0.717) is 29.8 Å². The Bertz CT molecular complexity index is 756. The van der Waals surface area contributed by atoms with Crippen LogP contribution in [0.15, 0.2) is 30.9 Å². The Morgan fingerprint density at radius 3 is 2.31 bits per heavy atom. The van der Waals surface area contributed by atoms with Crippen molar-refractivity contribution in [2.24, 2.45) is 23.7 Å². The van der Waals surface area contributed by atoms with Gasteiger partial charge in [0, 0.05) is 5.56 Å². The molecule has 2 fully saturated rings. The summed E-state index contributed by atoms with van der Waals surface area (Å²) in [5, 5.41) is 9.32. The molecule has 158 valence electrons. The number of phenolic OH excluding ortho intramolecular Hbond substituents is 1. The van der Waals surface area contributed by atoms with Crippen molar-refractivity contribution in [3.05, 3.63) is 48.1 Å². The summed E-state index contributed by atoms with van der Waals surface area (Å²) in [5.74, 6) is -0.206. The van der Waals surface area contributed by atoms with Gasteiger partial charge in [-0.2, -0.15) is 4.39 Å². The minimum atomic E-state index is -1.15. The van der Waals surface area contributed by atoms with Gasteiger partial charge < -0.3 is 9.84 Å². The molecule has 4 heteroatoms. The van der Waals surface area contributed by atoms with Crippen LogP contribution in [0.5, 0.6) is 5.75 Å². The van der Waals surface area contributed by atoms with Gasteiger partial charge in [-0.25, -0.2) is 4.39 Å². The maximum absolute atomic E-state index is 14.2. The van der Waals surface area contributed by atoms with E-state index in [2.05, 4.69) is 18.7 Å². The summed E-state index contributed by atoms with van der Waals surface area (Å²) in [7, 11) is 0. The van der Waals surface area contributed by atoms with Gasteiger partial charge in [-0.05, 0) is 99.2 Å². The van der Waals surface area contributed by atoms with Crippen molar-refractivity contribution < 1.29 is 18.6 Å². The van der Waals surface area contributed by atoms with E-state index in [1.54, 1.807) is 0 Å². The first kappa shape index (κ1) is 20.6. The first-order chi connectivity index (χ1) is 14.1. The molecule has 1 aromatic carbocycles. The minimum Gasteiger partial charge on any atom is -0.505 e. The molecule has 1 heterocycles. The standard InChI is InChI=1S/C25H32F2O2/c1-2-16-3-5-19(6-4-16)23-14-11-20(15-29-23)17-7-9-18(10-8-17)21-12-13-22(28)25(27)24(21)26/h2,9,12-13,16-17,19-20,23,28H,1,3-8,10-11,14-15H2. The fraction of sp³-hybridized carbons (Fsp3) is 0.600. The summed E-state index contributed by atoms with van der Waals surface area (Å²) in [6.45, 7) is 4.77. The molecule has 0 amide bonds. The van der Waals surface area contributed by atoms with Gasteiger partial charge >= 0.3 is 0 Å². The second kappa shape index (κ2) is 8.99. The number of phenols is 1. The highest BCUT2D eigenvalue weighted by Gasteiger charge is 2.34. The largest absolute Gasteiger partial charge is 0.505 e. The molecule has 1 N–H and O–H groups in total. The first-order valence-corrected chi connectivity index (χ1v) is 11.2. The second-order valence-corrected chi connectivity index (χ2v) is 9.14. The maximum Gasteiger partial charge on any atom is 0.200 e. The molecule has 1 aromatic rings. The Morgan fingerprint density at radius 1 is 0.931 bits per heavy atom. The first-order valence-electron chi connectivity index (χ1n) is 11.2. The lowest BCUT2D eigenvalue weighted by atomic mass is 9.74. The fourth-order valence-corrected chi connectivity index (χ4v) is 5.60. The number of halogens is 2. The third-order valence-corrected chi connectivity index (χ3v) is 7.55. The minimum absolute atomic E-state index is 0.286. The number of benzene rings is 1. The Balaban J connectivity index is 1.30. The van der Waals surface area contributed by atoms with Crippen molar-refractivity contribution in [2.45, 2.75) is 63.9 Å². The highest BCUT2D eigenvalue weighted by molar-refractivity contribution is 5.67. The molecule has 1 saturated heterocycles. The predicted molar refractivity (Wildman–Crippen MR) is 111 cm³/mol. The number of hydrogen-bond donors (Lipinski definition) is 1. The second-order valence-electron chi connectivity index (χ2n) is 9.14. The zero-order chi connectivity index (χ0) is 20.4. The van der Waals surface area contributed by atoms with Crippen LogP contribution in [0.3, 0.4) is 0 Å². The third kappa shape index (κ3) is 4.42. The van der Waals surface area contributed by atoms with Gasteiger partial charge in [0.25, 0.3) is 0 Å². The number of ether oxygens (including phenoxy) is 1. The third-order valence-electron chi connectivity index (χ3n) is 7.55. The smallest absolute Gasteiger partial charge is 0.200 e. The molecule has 3 atom stereocenters. The molecule has 4 rings (SSSR count). The van der Waals surface area contributed by atoms with Crippen molar-refractivity contribution in [1.29, 1.82) is 0 Å². The molecule has 1 aliphatic heterocycles. The van der Waals surface area contributed by atoms with Gasteiger partial charge in [0.05, 0.1) is 12.7 Å². The van der Waals surface area contributed by atoms with Crippen LogP contribution in [0.1, 0.15) is 63.4 Å². The van der Waals surface area contributed by atoms with Crippen LogP contribution in [0.25, 0.3) is 5.57 Å². The quantitative estimate of drug-likeness (QED) is 0.572.